The largest absolute Gasteiger partial charge is 0.280 e. The van der Waals surface area contributed by atoms with E-state index in [1.54, 1.807) is 0 Å². The fraction of sp³-hybridized carbons (Fsp3) is 0.0625. The van der Waals surface area contributed by atoms with Crippen LogP contribution in [0, 0.1) is 11.8 Å². The molecular weight excluding hydrogens is 206 g/mol. The molecule has 17 heavy (non-hydrogen) atoms. The van der Waals surface area contributed by atoms with Gasteiger partial charge in [-0.3, -0.25) is 4.99 Å². The van der Waals surface area contributed by atoms with Gasteiger partial charge in [-0.2, -0.15) is 0 Å². The van der Waals surface area contributed by atoms with Crippen LogP contribution in [0.3, 0.4) is 0 Å². The molecule has 0 N–H and O–H groups in total. The van der Waals surface area contributed by atoms with Gasteiger partial charge < -0.3 is 0 Å². The Labute approximate surface area is 102 Å². The molecule has 0 saturated heterocycles. The summed E-state index contributed by atoms with van der Waals surface area (Å²) in [6, 6.07) is 20.0. The molecule has 0 amide bonds. The molecule has 0 fully saturated rings. The van der Waals surface area contributed by atoms with Crippen molar-refractivity contribution in [1.29, 1.82) is 0 Å². The Morgan fingerprint density at radius 3 is 2.24 bits per heavy atom. The maximum absolute atomic E-state index is 4.26. The third-order valence-electron chi connectivity index (χ3n) is 2.22. The number of hydrogen-bond donors (Lipinski definition) is 0. The van der Waals surface area contributed by atoms with Gasteiger partial charge in [0.25, 0.3) is 0 Å². The summed E-state index contributed by atoms with van der Waals surface area (Å²) in [5, 5.41) is 0. The molecule has 1 nitrogen and oxygen atoms in total. The van der Waals surface area contributed by atoms with Crippen LogP contribution >= 0.6 is 0 Å². The first-order chi connectivity index (χ1) is 8.45. The Bertz CT molecular complexity index is 530. The Kier molecular flexibility index (Phi) is 4.13. The molecule has 0 unspecified atom stereocenters. The van der Waals surface area contributed by atoms with Crippen molar-refractivity contribution < 1.29 is 0 Å². The van der Waals surface area contributed by atoms with E-state index in [2.05, 4.69) is 16.8 Å². The number of hydrogen-bond acceptors (Lipinski definition) is 1. The highest BCUT2D eigenvalue weighted by atomic mass is 14.7. The highest BCUT2D eigenvalue weighted by Gasteiger charge is 1.82. The fourth-order valence-corrected chi connectivity index (χ4v) is 1.40. The van der Waals surface area contributed by atoms with Crippen LogP contribution in [-0.4, -0.2) is 12.8 Å². The maximum atomic E-state index is 4.26. The molecule has 2 rings (SSSR count). The van der Waals surface area contributed by atoms with Crippen molar-refractivity contribution in [1.82, 2.24) is 0 Å². The van der Waals surface area contributed by atoms with Gasteiger partial charge in [-0.25, -0.2) is 0 Å². The first-order valence-corrected chi connectivity index (χ1v) is 5.54. The van der Waals surface area contributed by atoms with Gasteiger partial charge in [0, 0.05) is 11.8 Å². The van der Waals surface area contributed by atoms with Crippen molar-refractivity contribution in [2.24, 2.45) is 4.99 Å². The molecule has 1 heteroatoms. The standard InChI is InChI=1S/C16H13N/c1-3-8-15(9-4-1)12-7-13-17-14-16-10-5-2-6-11-16/h1-6,8-11,14H,13H2. The zero-order valence-corrected chi connectivity index (χ0v) is 9.51. The number of rotatable bonds is 2. The minimum Gasteiger partial charge on any atom is -0.280 e. The zero-order valence-electron chi connectivity index (χ0n) is 9.51. The van der Waals surface area contributed by atoms with Gasteiger partial charge in [0.1, 0.15) is 6.54 Å². The highest BCUT2D eigenvalue weighted by molar-refractivity contribution is 5.79. The molecule has 2 aromatic carbocycles. The Morgan fingerprint density at radius 1 is 0.882 bits per heavy atom. The summed E-state index contributed by atoms with van der Waals surface area (Å²) >= 11 is 0. The molecule has 0 aromatic heterocycles. The molecule has 0 bridgehead atoms. The molecular formula is C16H13N. The maximum Gasteiger partial charge on any atom is 0.100 e. The van der Waals surface area contributed by atoms with E-state index < -0.39 is 0 Å². The van der Waals surface area contributed by atoms with Crippen molar-refractivity contribution in [2.75, 3.05) is 6.54 Å². The summed E-state index contributed by atoms with van der Waals surface area (Å²) in [7, 11) is 0. The van der Waals surface area contributed by atoms with Crippen LogP contribution in [0.25, 0.3) is 0 Å². The second kappa shape index (κ2) is 6.30. The fourth-order valence-electron chi connectivity index (χ4n) is 1.40. The van der Waals surface area contributed by atoms with Crippen LogP contribution in [0.15, 0.2) is 65.7 Å². The van der Waals surface area contributed by atoms with Gasteiger partial charge >= 0.3 is 0 Å². The summed E-state index contributed by atoms with van der Waals surface area (Å²) in [4.78, 5) is 4.26. The minimum absolute atomic E-state index is 0.532. The van der Waals surface area contributed by atoms with Gasteiger partial charge in [0.15, 0.2) is 0 Å². The van der Waals surface area contributed by atoms with Crippen molar-refractivity contribution in [2.45, 2.75) is 0 Å². The predicted molar refractivity (Wildman–Crippen MR) is 72.2 cm³/mol. The predicted octanol–water partition coefficient (Wildman–Crippen LogP) is 3.16. The summed E-state index contributed by atoms with van der Waals surface area (Å²) in [6.07, 6.45) is 1.85. The minimum atomic E-state index is 0.532. The lowest BCUT2D eigenvalue weighted by molar-refractivity contribution is 1.30. The van der Waals surface area contributed by atoms with E-state index in [4.69, 9.17) is 0 Å². The van der Waals surface area contributed by atoms with Crippen LogP contribution in [0.2, 0.25) is 0 Å². The van der Waals surface area contributed by atoms with E-state index in [1.165, 1.54) is 0 Å². The third-order valence-corrected chi connectivity index (χ3v) is 2.22. The molecule has 82 valence electrons. The number of nitrogens with zero attached hydrogens (tertiary/aromatic N) is 1. The van der Waals surface area contributed by atoms with Gasteiger partial charge in [0.2, 0.25) is 0 Å². The van der Waals surface area contributed by atoms with Crippen LogP contribution in [0.5, 0.6) is 0 Å². The first kappa shape index (κ1) is 11.2. The number of aliphatic imine (C=N–C) groups is 1. The van der Waals surface area contributed by atoms with Crippen LogP contribution < -0.4 is 0 Å². The van der Waals surface area contributed by atoms with Gasteiger partial charge in [-0.1, -0.05) is 60.4 Å². The van der Waals surface area contributed by atoms with E-state index in [9.17, 15) is 0 Å². The lowest BCUT2D eigenvalue weighted by atomic mass is 10.2. The molecule has 0 saturated carbocycles. The number of benzene rings is 2. The van der Waals surface area contributed by atoms with E-state index in [0.29, 0.717) is 6.54 Å². The molecule has 0 aliphatic heterocycles. The molecule has 0 heterocycles. The average Bonchev–Trinajstić information content (AvgIpc) is 2.41. The molecule has 2 aromatic rings. The molecule has 0 aliphatic carbocycles. The topological polar surface area (TPSA) is 12.4 Å². The van der Waals surface area contributed by atoms with Crippen LogP contribution in [0.4, 0.5) is 0 Å². The van der Waals surface area contributed by atoms with Crippen molar-refractivity contribution >= 4 is 6.21 Å². The van der Waals surface area contributed by atoms with Crippen LogP contribution in [0.1, 0.15) is 11.1 Å². The van der Waals surface area contributed by atoms with Crippen molar-refractivity contribution in [3.63, 3.8) is 0 Å². The van der Waals surface area contributed by atoms with Gasteiger partial charge in [-0.05, 0) is 17.7 Å². The van der Waals surface area contributed by atoms with E-state index in [1.807, 2.05) is 66.9 Å². The lowest BCUT2D eigenvalue weighted by Gasteiger charge is -1.89. The van der Waals surface area contributed by atoms with Crippen LogP contribution in [-0.2, 0) is 0 Å². The molecule has 0 radical (unpaired) electrons. The van der Waals surface area contributed by atoms with E-state index >= 15 is 0 Å². The SMILES string of the molecule is C(#Cc1ccccc1)CN=Cc1ccccc1. The van der Waals surface area contributed by atoms with Gasteiger partial charge in [0.05, 0.1) is 0 Å². The average molecular weight is 219 g/mol. The highest BCUT2D eigenvalue weighted by Crippen LogP contribution is 1.95. The Balaban J connectivity index is 1.88. The normalized spacial score (nSPS) is 9.88. The zero-order chi connectivity index (χ0) is 11.8. The smallest absolute Gasteiger partial charge is 0.100 e. The van der Waals surface area contributed by atoms with E-state index in [-0.39, 0.29) is 0 Å². The quantitative estimate of drug-likeness (QED) is 0.543. The molecule has 0 atom stereocenters. The third kappa shape index (κ3) is 3.96. The van der Waals surface area contributed by atoms with Gasteiger partial charge in [-0.15, -0.1) is 0 Å². The summed E-state index contributed by atoms with van der Waals surface area (Å²) in [5.74, 6) is 6.09. The summed E-state index contributed by atoms with van der Waals surface area (Å²) in [6.45, 7) is 0.532. The lowest BCUT2D eigenvalue weighted by Crippen LogP contribution is -1.81. The van der Waals surface area contributed by atoms with Crippen molar-refractivity contribution in [3.8, 4) is 11.8 Å². The first-order valence-electron chi connectivity index (χ1n) is 5.54. The second-order valence-electron chi connectivity index (χ2n) is 3.55. The molecule has 0 aliphatic rings. The summed E-state index contributed by atoms with van der Waals surface area (Å²) < 4.78 is 0. The summed E-state index contributed by atoms with van der Waals surface area (Å²) in [5.41, 5.74) is 2.14. The monoisotopic (exact) mass is 219 g/mol. The molecule has 0 spiro atoms. The van der Waals surface area contributed by atoms with Crippen molar-refractivity contribution in [3.05, 3.63) is 71.8 Å². The Morgan fingerprint density at radius 2 is 1.53 bits per heavy atom. The second-order valence-corrected chi connectivity index (χ2v) is 3.55. The van der Waals surface area contributed by atoms with E-state index in [0.717, 1.165) is 11.1 Å². The Hall–Kier alpha value is -2.33.